The van der Waals surface area contributed by atoms with Crippen LogP contribution in [-0.2, 0) is 16.2 Å². The van der Waals surface area contributed by atoms with Crippen molar-refractivity contribution in [3.63, 3.8) is 0 Å². The number of furan rings is 1. The summed E-state index contributed by atoms with van der Waals surface area (Å²) in [5, 5.41) is -0.292. The largest absolute Gasteiger partial charge is 0.468 e. The molecule has 1 unspecified atom stereocenters. The van der Waals surface area contributed by atoms with Gasteiger partial charge in [-0.1, -0.05) is 11.6 Å². The topological polar surface area (TPSA) is 62.6 Å². The minimum Gasteiger partial charge on any atom is -0.468 e. The van der Waals surface area contributed by atoms with E-state index in [1.807, 2.05) is 0 Å². The number of rotatable bonds is 6. The van der Waals surface area contributed by atoms with Crippen molar-refractivity contribution in [2.24, 2.45) is 0 Å². The van der Waals surface area contributed by atoms with E-state index in [1.165, 1.54) is 6.26 Å². The molecule has 10 heteroatoms. The van der Waals surface area contributed by atoms with Crippen LogP contribution in [0.5, 0.6) is 0 Å². The summed E-state index contributed by atoms with van der Waals surface area (Å²) in [4.78, 5) is 1.09. The van der Waals surface area contributed by atoms with Crippen LogP contribution in [0.2, 0.25) is 5.02 Å². The van der Waals surface area contributed by atoms with Crippen molar-refractivity contribution < 1.29 is 26.0 Å². The molecule has 2 aromatic rings. The Kier molecular flexibility index (Phi) is 5.82. The van der Waals surface area contributed by atoms with E-state index in [9.17, 15) is 21.6 Å². The lowest BCUT2D eigenvalue weighted by molar-refractivity contribution is -0.137. The summed E-state index contributed by atoms with van der Waals surface area (Å²) in [7, 11) is -0.802. The van der Waals surface area contributed by atoms with Crippen LogP contribution in [0.25, 0.3) is 0 Å². The molecule has 0 amide bonds. The van der Waals surface area contributed by atoms with E-state index < -0.39 is 32.7 Å². The maximum Gasteiger partial charge on any atom is 0.416 e. The Hall–Kier alpha value is -1.55. The normalized spacial score (nSPS) is 14.0. The van der Waals surface area contributed by atoms with Gasteiger partial charge >= 0.3 is 6.18 Å². The number of nitrogens with zero attached hydrogens (tertiary/aromatic N) is 1. The highest BCUT2D eigenvalue weighted by atomic mass is 35.5. The van der Waals surface area contributed by atoms with Crippen molar-refractivity contribution in [3.8, 4) is 0 Å². The third-order valence-corrected chi connectivity index (χ3v) is 5.41. The highest BCUT2D eigenvalue weighted by Gasteiger charge is 2.33. The van der Waals surface area contributed by atoms with Gasteiger partial charge in [-0.25, -0.2) is 13.1 Å². The van der Waals surface area contributed by atoms with Gasteiger partial charge in [0.05, 0.1) is 22.9 Å². The summed E-state index contributed by atoms with van der Waals surface area (Å²) in [6.07, 6.45) is -3.22. The Balaban J connectivity index is 2.27. The molecule has 0 saturated heterocycles. The number of alkyl halides is 3. The molecule has 1 aromatic heterocycles. The van der Waals surface area contributed by atoms with Crippen LogP contribution in [-0.4, -0.2) is 34.0 Å². The first-order valence-electron chi connectivity index (χ1n) is 7.08. The molecule has 1 aromatic carbocycles. The van der Waals surface area contributed by atoms with Gasteiger partial charge in [-0.3, -0.25) is 4.90 Å². The molecule has 1 heterocycles. The molecule has 0 spiro atoms. The maximum atomic E-state index is 12.8. The molecule has 25 heavy (non-hydrogen) atoms. The van der Waals surface area contributed by atoms with Crippen molar-refractivity contribution in [1.82, 2.24) is 9.62 Å². The molecule has 2 rings (SSSR count). The van der Waals surface area contributed by atoms with Gasteiger partial charge in [-0.2, -0.15) is 13.2 Å². The molecular weight excluding hydrogens is 381 g/mol. The number of sulfonamides is 1. The van der Waals surface area contributed by atoms with E-state index in [0.29, 0.717) is 11.8 Å². The third-order valence-electron chi connectivity index (χ3n) is 3.51. The highest BCUT2D eigenvalue weighted by Crippen LogP contribution is 2.33. The van der Waals surface area contributed by atoms with Gasteiger partial charge < -0.3 is 4.42 Å². The van der Waals surface area contributed by atoms with Gasteiger partial charge in [0.2, 0.25) is 10.0 Å². The van der Waals surface area contributed by atoms with E-state index >= 15 is 0 Å². The van der Waals surface area contributed by atoms with Crippen LogP contribution in [0, 0.1) is 0 Å². The molecule has 0 aliphatic carbocycles. The molecule has 1 N–H and O–H groups in total. The van der Waals surface area contributed by atoms with Gasteiger partial charge in [0, 0.05) is 6.54 Å². The molecule has 0 radical (unpaired) electrons. The van der Waals surface area contributed by atoms with E-state index in [-0.39, 0.29) is 11.6 Å². The summed E-state index contributed by atoms with van der Waals surface area (Å²) in [6.45, 7) is -0.102. The van der Waals surface area contributed by atoms with Gasteiger partial charge in [0.25, 0.3) is 0 Å². The monoisotopic (exact) mass is 396 g/mol. The Morgan fingerprint density at radius 1 is 1.28 bits per heavy atom. The molecule has 5 nitrogen and oxygen atoms in total. The zero-order valence-corrected chi connectivity index (χ0v) is 14.9. The number of benzene rings is 1. The number of nitrogens with one attached hydrogen (secondary N) is 1. The Labute approximate surface area is 148 Å². The molecule has 0 aliphatic heterocycles. The minimum absolute atomic E-state index is 0.102. The quantitative estimate of drug-likeness (QED) is 0.811. The predicted molar refractivity (Wildman–Crippen MR) is 86.8 cm³/mol. The van der Waals surface area contributed by atoms with Crippen molar-refractivity contribution in [3.05, 3.63) is 52.9 Å². The fraction of sp³-hybridized carbons (Fsp3) is 0.333. The SMILES string of the molecule is CN(C)C(CNS(=O)(=O)c1cc(C(F)(F)F)ccc1Cl)c1ccco1. The average Bonchev–Trinajstić information content (AvgIpc) is 3.00. The predicted octanol–water partition coefficient (Wildman–Crippen LogP) is 3.53. The highest BCUT2D eigenvalue weighted by molar-refractivity contribution is 7.89. The lowest BCUT2D eigenvalue weighted by Crippen LogP contribution is -2.34. The molecule has 0 saturated carbocycles. The standard InChI is InChI=1S/C15H16ClF3N2O3S/c1-21(2)12(13-4-3-7-24-13)9-20-25(22,23)14-8-10(15(17,18)19)5-6-11(14)16/h3-8,12,20H,9H2,1-2H3. The first-order chi connectivity index (χ1) is 11.5. The van der Waals surface area contributed by atoms with Crippen molar-refractivity contribution in [2.45, 2.75) is 17.1 Å². The van der Waals surface area contributed by atoms with Gasteiger partial charge in [0.15, 0.2) is 0 Å². The van der Waals surface area contributed by atoms with E-state index in [2.05, 4.69) is 4.72 Å². The third kappa shape index (κ3) is 4.75. The molecule has 138 valence electrons. The second kappa shape index (κ2) is 7.36. The smallest absolute Gasteiger partial charge is 0.416 e. The first kappa shape index (κ1) is 19.8. The van der Waals surface area contributed by atoms with E-state index in [1.54, 1.807) is 31.1 Å². The van der Waals surface area contributed by atoms with Crippen LogP contribution in [0.3, 0.4) is 0 Å². The second-order valence-corrected chi connectivity index (χ2v) is 7.63. The van der Waals surface area contributed by atoms with Crippen LogP contribution >= 0.6 is 11.6 Å². The van der Waals surface area contributed by atoms with Crippen LogP contribution in [0.1, 0.15) is 17.4 Å². The van der Waals surface area contributed by atoms with E-state index in [0.717, 1.165) is 12.1 Å². The van der Waals surface area contributed by atoms with Crippen molar-refractivity contribution in [1.29, 1.82) is 0 Å². The molecule has 0 bridgehead atoms. The van der Waals surface area contributed by atoms with E-state index in [4.69, 9.17) is 16.0 Å². The second-order valence-electron chi connectivity index (χ2n) is 5.49. The zero-order valence-electron chi connectivity index (χ0n) is 13.3. The lowest BCUT2D eigenvalue weighted by Gasteiger charge is -2.22. The Morgan fingerprint density at radius 3 is 2.48 bits per heavy atom. The maximum absolute atomic E-state index is 12.8. The summed E-state index contributed by atoms with van der Waals surface area (Å²) >= 11 is 5.79. The molecular formula is C15H16ClF3N2O3S. The Morgan fingerprint density at radius 2 is 1.96 bits per heavy atom. The van der Waals surface area contributed by atoms with Crippen LogP contribution in [0.15, 0.2) is 45.9 Å². The van der Waals surface area contributed by atoms with Gasteiger partial charge in [0.1, 0.15) is 10.7 Å². The van der Waals surface area contributed by atoms with Gasteiger partial charge in [-0.05, 0) is 44.4 Å². The van der Waals surface area contributed by atoms with Gasteiger partial charge in [-0.15, -0.1) is 0 Å². The van der Waals surface area contributed by atoms with Crippen LogP contribution < -0.4 is 4.72 Å². The number of hydrogen-bond donors (Lipinski definition) is 1. The Bertz CT molecular complexity index is 821. The number of hydrogen-bond acceptors (Lipinski definition) is 4. The summed E-state index contributed by atoms with van der Waals surface area (Å²) in [5.41, 5.74) is -1.09. The molecule has 1 atom stereocenters. The fourth-order valence-corrected chi connectivity index (χ4v) is 3.73. The van der Waals surface area contributed by atoms with Crippen molar-refractivity contribution >= 4 is 21.6 Å². The molecule has 0 fully saturated rings. The summed E-state index contributed by atoms with van der Waals surface area (Å²) < 4.78 is 70.8. The number of likely N-dealkylation sites (N-methyl/N-ethyl adjacent to an activating group) is 1. The first-order valence-corrected chi connectivity index (χ1v) is 8.94. The lowest BCUT2D eigenvalue weighted by atomic mass is 10.2. The van der Waals surface area contributed by atoms with Crippen molar-refractivity contribution in [2.75, 3.05) is 20.6 Å². The summed E-state index contributed by atoms with van der Waals surface area (Å²) in [6, 6.07) is 5.05. The zero-order chi connectivity index (χ0) is 18.8. The fourth-order valence-electron chi connectivity index (χ4n) is 2.17. The number of halogens is 4. The summed E-state index contributed by atoms with van der Waals surface area (Å²) in [5.74, 6) is 0.517. The minimum atomic E-state index is -4.67. The molecule has 0 aliphatic rings. The van der Waals surface area contributed by atoms with Crippen LogP contribution in [0.4, 0.5) is 13.2 Å². The average molecular weight is 397 g/mol.